The molecule has 0 radical (unpaired) electrons. The second kappa shape index (κ2) is 4.18. The van der Waals surface area contributed by atoms with Crippen LogP contribution < -0.4 is 0 Å². The number of aromatic carboxylic acids is 1. The molecule has 0 atom stereocenters. The third-order valence-corrected chi connectivity index (χ3v) is 1.52. The minimum atomic E-state index is -1.05. The molecular weight excluding hydrogens is 186 g/mol. The zero-order valence-electron chi connectivity index (χ0n) is 7.08. The number of rotatable bonds is 3. The van der Waals surface area contributed by atoms with E-state index in [-0.39, 0.29) is 5.56 Å². The number of carbonyl (C=O) groups is 1. The van der Waals surface area contributed by atoms with Gasteiger partial charge < -0.3 is 5.11 Å². The van der Waals surface area contributed by atoms with E-state index >= 15 is 0 Å². The van der Waals surface area contributed by atoms with Crippen LogP contribution in [0.5, 0.6) is 0 Å². The van der Waals surface area contributed by atoms with Gasteiger partial charge in [-0.1, -0.05) is 12.1 Å². The molecule has 1 rings (SSSR count). The molecule has 0 aromatic heterocycles. The van der Waals surface area contributed by atoms with E-state index in [9.17, 15) is 14.9 Å². The Morgan fingerprint density at radius 2 is 2.21 bits per heavy atom. The summed E-state index contributed by atoms with van der Waals surface area (Å²) in [4.78, 5) is 19.9. The first kappa shape index (κ1) is 9.91. The van der Waals surface area contributed by atoms with Gasteiger partial charge in [0, 0.05) is 6.08 Å². The maximum absolute atomic E-state index is 10.5. The highest BCUT2D eigenvalue weighted by Crippen LogP contribution is 2.06. The molecule has 1 aromatic rings. The average Bonchev–Trinajstić information content (AvgIpc) is 2.15. The lowest BCUT2D eigenvalue weighted by atomic mass is 10.1. The zero-order valence-corrected chi connectivity index (χ0v) is 7.08. The molecule has 14 heavy (non-hydrogen) atoms. The average molecular weight is 193 g/mol. The first-order valence-corrected chi connectivity index (χ1v) is 3.74. The van der Waals surface area contributed by atoms with Gasteiger partial charge in [0.2, 0.25) is 6.20 Å². The number of benzene rings is 1. The van der Waals surface area contributed by atoms with E-state index in [0.717, 1.165) is 6.20 Å². The van der Waals surface area contributed by atoms with E-state index in [2.05, 4.69) is 0 Å². The lowest BCUT2D eigenvalue weighted by Crippen LogP contribution is -1.95. The van der Waals surface area contributed by atoms with Crippen molar-refractivity contribution in [2.24, 2.45) is 0 Å². The summed E-state index contributed by atoms with van der Waals surface area (Å²) in [5.41, 5.74) is 0.595. The molecule has 1 aromatic carbocycles. The SMILES string of the molecule is O=C(O)c1cccc(/C=C/[N+](=O)[O-])c1. The van der Waals surface area contributed by atoms with Crippen molar-refractivity contribution >= 4 is 12.0 Å². The molecule has 0 aliphatic heterocycles. The van der Waals surface area contributed by atoms with Crippen molar-refractivity contribution in [2.45, 2.75) is 0 Å². The van der Waals surface area contributed by atoms with Crippen LogP contribution in [-0.2, 0) is 0 Å². The summed E-state index contributed by atoms with van der Waals surface area (Å²) in [7, 11) is 0. The monoisotopic (exact) mass is 193 g/mol. The van der Waals surface area contributed by atoms with Gasteiger partial charge in [-0.25, -0.2) is 4.79 Å². The van der Waals surface area contributed by atoms with Crippen molar-refractivity contribution in [1.82, 2.24) is 0 Å². The molecule has 0 unspecified atom stereocenters. The Hall–Kier alpha value is -2.17. The van der Waals surface area contributed by atoms with Gasteiger partial charge in [-0.05, 0) is 17.7 Å². The third kappa shape index (κ3) is 2.71. The Bertz CT molecular complexity index is 398. The number of nitro groups is 1. The summed E-state index contributed by atoms with van der Waals surface area (Å²) < 4.78 is 0. The maximum Gasteiger partial charge on any atom is 0.335 e. The Labute approximate surface area is 79.4 Å². The maximum atomic E-state index is 10.5. The predicted molar refractivity (Wildman–Crippen MR) is 49.4 cm³/mol. The molecule has 5 nitrogen and oxygen atoms in total. The van der Waals surface area contributed by atoms with Crippen LogP contribution in [0.2, 0.25) is 0 Å². The Balaban J connectivity index is 2.94. The third-order valence-electron chi connectivity index (χ3n) is 1.52. The summed E-state index contributed by atoms with van der Waals surface area (Å²) >= 11 is 0. The van der Waals surface area contributed by atoms with Crippen LogP contribution in [0, 0.1) is 10.1 Å². The number of carboxylic acid groups (broad SMARTS) is 1. The summed E-state index contributed by atoms with van der Waals surface area (Å²) in [6, 6.07) is 5.91. The van der Waals surface area contributed by atoms with Gasteiger partial charge in [0.05, 0.1) is 10.5 Å². The standard InChI is InChI=1S/C9H7NO4/c11-9(12)8-3-1-2-7(6-8)4-5-10(13)14/h1-6H,(H,11,12)/b5-4+. The van der Waals surface area contributed by atoms with Gasteiger partial charge in [0.25, 0.3) is 0 Å². The zero-order chi connectivity index (χ0) is 10.6. The Morgan fingerprint density at radius 1 is 1.50 bits per heavy atom. The van der Waals surface area contributed by atoms with Crippen LogP contribution in [0.4, 0.5) is 0 Å². The lowest BCUT2D eigenvalue weighted by molar-refractivity contribution is -0.400. The molecule has 72 valence electrons. The Kier molecular flexibility index (Phi) is 2.96. The van der Waals surface area contributed by atoms with Gasteiger partial charge in [-0.2, -0.15) is 0 Å². The minimum absolute atomic E-state index is 0.107. The van der Waals surface area contributed by atoms with Crippen molar-refractivity contribution in [3.63, 3.8) is 0 Å². The first-order valence-electron chi connectivity index (χ1n) is 3.74. The molecule has 0 saturated heterocycles. The van der Waals surface area contributed by atoms with E-state index in [1.807, 2.05) is 0 Å². The highest BCUT2D eigenvalue weighted by atomic mass is 16.6. The fraction of sp³-hybridized carbons (Fsp3) is 0. The highest BCUT2D eigenvalue weighted by Gasteiger charge is 2.01. The van der Waals surface area contributed by atoms with E-state index in [1.54, 1.807) is 6.07 Å². The molecule has 0 saturated carbocycles. The quantitative estimate of drug-likeness (QED) is 0.584. The van der Waals surface area contributed by atoms with Gasteiger partial charge in [-0.15, -0.1) is 0 Å². The van der Waals surface area contributed by atoms with E-state index in [4.69, 9.17) is 5.11 Å². The van der Waals surface area contributed by atoms with Gasteiger partial charge in [0.15, 0.2) is 0 Å². The van der Waals surface area contributed by atoms with Crippen LogP contribution in [0.15, 0.2) is 30.5 Å². The molecule has 0 aliphatic carbocycles. The van der Waals surface area contributed by atoms with Crippen LogP contribution in [-0.4, -0.2) is 16.0 Å². The molecule has 5 heteroatoms. The summed E-state index contributed by atoms with van der Waals surface area (Å²) in [5.74, 6) is -1.05. The Morgan fingerprint density at radius 3 is 2.79 bits per heavy atom. The summed E-state index contributed by atoms with van der Waals surface area (Å²) in [6.45, 7) is 0. The number of hydrogen-bond donors (Lipinski definition) is 1. The van der Waals surface area contributed by atoms with Crippen molar-refractivity contribution < 1.29 is 14.8 Å². The van der Waals surface area contributed by atoms with Crippen LogP contribution in [0.3, 0.4) is 0 Å². The summed E-state index contributed by atoms with van der Waals surface area (Å²) in [5, 5.41) is 18.6. The van der Waals surface area contributed by atoms with Crippen LogP contribution in [0.25, 0.3) is 6.08 Å². The van der Waals surface area contributed by atoms with Crippen LogP contribution in [0.1, 0.15) is 15.9 Å². The van der Waals surface area contributed by atoms with Crippen LogP contribution >= 0.6 is 0 Å². The molecule has 0 aliphatic rings. The molecule has 0 amide bonds. The van der Waals surface area contributed by atoms with E-state index in [1.165, 1.54) is 24.3 Å². The van der Waals surface area contributed by atoms with E-state index in [0.29, 0.717) is 5.56 Å². The molecule has 0 bridgehead atoms. The normalized spacial score (nSPS) is 10.3. The van der Waals surface area contributed by atoms with Crippen molar-refractivity contribution in [3.05, 3.63) is 51.7 Å². The summed E-state index contributed by atoms with van der Waals surface area (Å²) in [6.07, 6.45) is 2.01. The molecule has 0 fully saturated rings. The second-order valence-corrected chi connectivity index (χ2v) is 2.53. The first-order chi connectivity index (χ1) is 6.59. The van der Waals surface area contributed by atoms with Gasteiger partial charge >= 0.3 is 5.97 Å². The molecule has 0 heterocycles. The fourth-order valence-electron chi connectivity index (χ4n) is 0.922. The predicted octanol–water partition coefficient (Wildman–Crippen LogP) is 1.63. The smallest absolute Gasteiger partial charge is 0.335 e. The van der Waals surface area contributed by atoms with Gasteiger partial charge in [-0.3, -0.25) is 10.1 Å². The highest BCUT2D eigenvalue weighted by molar-refractivity contribution is 5.88. The second-order valence-electron chi connectivity index (χ2n) is 2.53. The largest absolute Gasteiger partial charge is 0.478 e. The topological polar surface area (TPSA) is 80.4 Å². The van der Waals surface area contributed by atoms with E-state index < -0.39 is 10.9 Å². The lowest BCUT2D eigenvalue weighted by Gasteiger charge is -1.94. The molecule has 1 N–H and O–H groups in total. The van der Waals surface area contributed by atoms with Crippen molar-refractivity contribution in [3.8, 4) is 0 Å². The molecule has 0 spiro atoms. The van der Waals surface area contributed by atoms with Crippen molar-refractivity contribution in [2.75, 3.05) is 0 Å². The molecular formula is C9H7NO4. The fourth-order valence-corrected chi connectivity index (χ4v) is 0.922. The van der Waals surface area contributed by atoms with Gasteiger partial charge in [0.1, 0.15) is 0 Å². The minimum Gasteiger partial charge on any atom is -0.478 e. The number of carboxylic acids is 1. The number of hydrogen-bond acceptors (Lipinski definition) is 3. The van der Waals surface area contributed by atoms with Crippen molar-refractivity contribution in [1.29, 1.82) is 0 Å². The number of nitrogens with zero attached hydrogens (tertiary/aromatic N) is 1.